The van der Waals surface area contributed by atoms with Gasteiger partial charge in [-0.3, -0.25) is 4.99 Å². The lowest BCUT2D eigenvalue weighted by Crippen LogP contribution is -1.86. The predicted molar refractivity (Wildman–Crippen MR) is 102 cm³/mol. The summed E-state index contributed by atoms with van der Waals surface area (Å²) in [5, 5.41) is 0. The third-order valence-corrected chi connectivity index (χ3v) is 4.17. The molecule has 0 atom stereocenters. The molecule has 0 unspecified atom stereocenters. The second-order valence-corrected chi connectivity index (χ2v) is 6.21. The number of hydrogen-bond acceptors (Lipinski definition) is 1. The van der Waals surface area contributed by atoms with Crippen LogP contribution in [0.5, 0.6) is 0 Å². The van der Waals surface area contributed by atoms with Gasteiger partial charge < -0.3 is 0 Å². The lowest BCUT2D eigenvalue weighted by Gasteiger charge is -2.03. The van der Waals surface area contributed by atoms with Crippen molar-refractivity contribution in [3.8, 4) is 0 Å². The fourth-order valence-corrected chi connectivity index (χ4v) is 2.72. The molecule has 0 spiro atoms. The summed E-state index contributed by atoms with van der Waals surface area (Å²) in [5.74, 6) is 0. The van der Waals surface area contributed by atoms with E-state index in [1.54, 1.807) is 0 Å². The molecule has 0 bridgehead atoms. The fourth-order valence-electron chi connectivity index (χ4n) is 2.72. The Balaban J connectivity index is 1.69. The van der Waals surface area contributed by atoms with Gasteiger partial charge in [-0.15, -0.1) is 0 Å². The van der Waals surface area contributed by atoms with Gasteiger partial charge in [0.05, 0.1) is 5.69 Å². The highest BCUT2D eigenvalue weighted by Crippen LogP contribution is 2.16. The Morgan fingerprint density at radius 1 is 0.739 bits per heavy atom. The first-order valence-corrected chi connectivity index (χ1v) is 9.06. The summed E-state index contributed by atoms with van der Waals surface area (Å²) in [4.78, 5) is 4.53. The van der Waals surface area contributed by atoms with E-state index < -0.39 is 0 Å². The molecule has 0 N–H and O–H groups in total. The quantitative estimate of drug-likeness (QED) is 0.341. The summed E-state index contributed by atoms with van der Waals surface area (Å²) in [6, 6.07) is 18.9. The highest BCUT2D eigenvalue weighted by atomic mass is 14.7. The molecule has 2 rings (SSSR count). The Morgan fingerprint density at radius 2 is 1.39 bits per heavy atom. The van der Waals surface area contributed by atoms with Crippen LogP contribution in [-0.2, 0) is 6.42 Å². The lowest BCUT2D eigenvalue weighted by atomic mass is 10.0. The molecule has 0 aromatic heterocycles. The number of nitrogens with zero attached hydrogens (tertiary/aromatic N) is 1. The van der Waals surface area contributed by atoms with Gasteiger partial charge in [-0.05, 0) is 36.1 Å². The first-order valence-electron chi connectivity index (χ1n) is 9.06. The summed E-state index contributed by atoms with van der Waals surface area (Å²) in [7, 11) is 0. The Hall–Kier alpha value is -1.89. The topological polar surface area (TPSA) is 12.4 Å². The van der Waals surface area contributed by atoms with Crippen LogP contribution in [0.1, 0.15) is 63.0 Å². The molecule has 0 radical (unpaired) electrons. The number of benzene rings is 2. The van der Waals surface area contributed by atoms with Crippen LogP contribution >= 0.6 is 0 Å². The molecule has 0 aliphatic rings. The van der Waals surface area contributed by atoms with E-state index in [9.17, 15) is 0 Å². The minimum atomic E-state index is 1.03. The van der Waals surface area contributed by atoms with E-state index >= 15 is 0 Å². The predicted octanol–water partition coefficient (Wildman–Crippen LogP) is 6.73. The smallest absolute Gasteiger partial charge is 0.0630 e. The van der Waals surface area contributed by atoms with Crippen molar-refractivity contribution in [1.29, 1.82) is 0 Å². The summed E-state index contributed by atoms with van der Waals surface area (Å²) in [6.45, 7) is 2.27. The summed E-state index contributed by atoms with van der Waals surface area (Å²) in [5.41, 5.74) is 3.59. The molecule has 122 valence electrons. The van der Waals surface area contributed by atoms with Gasteiger partial charge >= 0.3 is 0 Å². The summed E-state index contributed by atoms with van der Waals surface area (Å²) < 4.78 is 0. The summed E-state index contributed by atoms with van der Waals surface area (Å²) in [6.07, 6.45) is 12.7. The Bertz CT molecular complexity index is 554. The van der Waals surface area contributed by atoms with Crippen LogP contribution in [0.3, 0.4) is 0 Å². The van der Waals surface area contributed by atoms with Gasteiger partial charge in [0.1, 0.15) is 0 Å². The zero-order chi connectivity index (χ0) is 16.2. The van der Waals surface area contributed by atoms with Crippen LogP contribution in [0, 0.1) is 0 Å². The van der Waals surface area contributed by atoms with Gasteiger partial charge in [0, 0.05) is 6.21 Å². The van der Waals surface area contributed by atoms with Crippen molar-refractivity contribution in [3.05, 3.63) is 65.7 Å². The normalized spacial score (nSPS) is 11.2. The average Bonchev–Trinajstić information content (AvgIpc) is 2.61. The van der Waals surface area contributed by atoms with Gasteiger partial charge in [-0.1, -0.05) is 87.9 Å². The second kappa shape index (κ2) is 10.8. The molecule has 0 fully saturated rings. The fraction of sp³-hybridized carbons (Fsp3) is 0.409. The lowest BCUT2D eigenvalue weighted by molar-refractivity contribution is 0.589. The minimum absolute atomic E-state index is 1.03. The number of aryl methyl sites for hydroxylation is 1. The Labute approximate surface area is 141 Å². The summed E-state index contributed by atoms with van der Waals surface area (Å²) >= 11 is 0. The third kappa shape index (κ3) is 7.27. The maximum absolute atomic E-state index is 4.53. The maximum atomic E-state index is 4.53. The third-order valence-electron chi connectivity index (χ3n) is 4.17. The standard InChI is InChI=1S/C22H29N/c1-2-3-4-5-6-7-9-12-20-15-17-22(18-16-20)23-19-21-13-10-8-11-14-21/h8,10-11,13-19H,2-7,9,12H2,1H3. The number of rotatable bonds is 10. The van der Waals surface area contributed by atoms with Gasteiger partial charge in [0.25, 0.3) is 0 Å². The molecule has 1 heteroatoms. The molecule has 0 saturated heterocycles. The van der Waals surface area contributed by atoms with E-state index in [1.165, 1.54) is 56.9 Å². The molecule has 1 nitrogen and oxygen atoms in total. The molecule has 0 saturated carbocycles. The van der Waals surface area contributed by atoms with Crippen LogP contribution in [0.2, 0.25) is 0 Å². The monoisotopic (exact) mass is 307 g/mol. The molecule has 0 aliphatic heterocycles. The van der Waals surface area contributed by atoms with E-state index in [0.29, 0.717) is 0 Å². The molecule has 0 amide bonds. The SMILES string of the molecule is CCCCCCCCCc1ccc(N=Cc2ccccc2)cc1. The van der Waals surface area contributed by atoms with E-state index in [0.717, 1.165) is 11.3 Å². The van der Waals surface area contributed by atoms with Crippen LogP contribution < -0.4 is 0 Å². The zero-order valence-electron chi connectivity index (χ0n) is 14.4. The van der Waals surface area contributed by atoms with E-state index in [-0.39, 0.29) is 0 Å². The Morgan fingerprint density at radius 3 is 2.09 bits per heavy atom. The van der Waals surface area contributed by atoms with Crippen LogP contribution in [0.25, 0.3) is 0 Å². The highest BCUT2D eigenvalue weighted by Gasteiger charge is 1.95. The molecular formula is C22H29N. The zero-order valence-corrected chi connectivity index (χ0v) is 14.4. The van der Waals surface area contributed by atoms with Gasteiger partial charge in [-0.25, -0.2) is 0 Å². The van der Waals surface area contributed by atoms with Crippen molar-refractivity contribution in [2.75, 3.05) is 0 Å². The number of hydrogen-bond donors (Lipinski definition) is 0. The van der Waals surface area contributed by atoms with Crippen molar-refractivity contribution in [1.82, 2.24) is 0 Å². The van der Waals surface area contributed by atoms with E-state index in [1.807, 2.05) is 24.4 Å². The van der Waals surface area contributed by atoms with Crippen molar-refractivity contribution in [2.45, 2.75) is 58.3 Å². The minimum Gasteiger partial charge on any atom is -0.256 e. The molecule has 23 heavy (non-hydrogen) atoms. The van der Waals surface area contributed by atoms with E-state index in [2.05, 4.69) is 48.3 Å². The van der Waals surface area contributed by atoms with Gasteiger partial charge in [0.2, 0.25) is 0 Å². The van der Waals surface area contributed by atoms with Crippen molar-refractivity contribution in [3.63, 3.8) is 0 Å². The van der Waals surface area contributed by atoms with E-state index in [4.69, 9.17) is 0 Å². The molecule has 2 aromatic rings. The molecule has 2 aromatic carbocycles. The van der Waals surface area contributed by atoms with Crippen molar-refractivity contribution >= 4 is 11.9 Å². The second-order valence-electron chi connectivity index (χ2n) is 6.21. The highest BCUT2D eigenvalue weighted by molar-refractivity contribution is 5.81. The first kappa shape index (κ1) is 17.5. The van der Waals surface area contributed by atoms with Crippen molar-refractivity contribution < 1.29 is 0 Å². The van der Waals surface area contributed by atoms with Crippen LogP contribution in [-0.4, -0.2) is 6.21 Å². The first-order chi connectivity index (χ1) is 11.4. The molecular weight excluding hydrogens is 278 g/mol. The molecule has 0 heterocycles. The number of unbranched alkanes of at least 4 members (excludes halogenated alkanes) is 6. The maximum Gasteiger partial charge on any atom is 0.0630 e. The largest absolute Gasteiger partial charge is 0.256 e. The Kier molecular flexibility index (Phi) is 8.18. The number of aliphatic imine (C=N–C) groups is 1. The van der Waals surface area contributed by atoms with Gasteiger partial charge in [0.15, 0.2) is 0 Å². The average molecular weight is 307 g/mol. The van der Waals surface area contributed by atoms with Gasteiger partial charge in [-0.2, -0.15) is 0 Å². The van der Waals surface area contributed by atoms with Crippen molar-refractivity contribution in [2.24, 2.45) is 4.99 Å². The molecule has 0 aliphatic carbocycles. The van der Waals surface area contributed by atoms with Crippen LogP contribution in [0.15, 0.2) is 59.6 Å². The van der Waals surface area contributed by atoms with Crippen LogP contribution in [0.4, 0.5) is 5.69 Å².